The lowest BCUT2D eigenvalue weighted by atomic mass is 9.74. The third-order valence-electron chi connectivity index (χ3n) is 4.29. The molecule has 2 aromatic carbocycles. The van der Waals surface area contributed by atoms with Crippen LogP contribution in [0.15, 0.2) is 46.9 Å². The molecular weight excluding hydrogens is 326 g/mol. The van der Waals surface area contributed by atoms with E-state index >= 15 is 0 Å². The SMILES string of the molecule is COc1ccc(NC2CC(c3ccccc3C)C2)cc1Br. The summed E-state index contributed by atoms with van der Waals surface area (Å²) in [4.78, 5) is 0. The molecule has 1 N–H and O–H groups in total. The van der Waals surface area contributed by atoms with Gasteiger partial charge < -0.3 is 10.1 Å². The lowest BCUT2D eigenvalue weighted by Gasteiger charge is -2.37. The molecule has 0 aromatic heterocycles. The van der Waals surface area contributed by atoms with Gasteiger partial charge in [0.25, 0.3) is 0 Å². The second-order valence-corrected chi connectivity index (χ2v) is 6.57. The second-order valence-electron chi connectivity index (χ2n) is 5.72. The van der Waals surface area contributed by atoms with Gasteiger partial charge in [0.05, 0.1) is 11.6 Å². The smallest absolute Gasteiger partial charge is 0.133 e. The first-order chi connectivity index (χ1) is 10.2. The lowest BCUT2D eigenvalue weighted by Crippen LogP contribution is -2.34. The third kappa shape index (κ3) is 3.08. The van der Waals surface area contributed by atoms with E-state index in [-0.39, 0.29) is 0 Å². The van der Waals surface area contributed by atoms with Crippen molar-refractivity contribution in [3.8, 4) is 5.75 Å². The minimum atomic E-state index is 0.565. The quantitative estimate of drug-likeness (QED) is 0.829. The van der Waals surface area contributed by atoms with E-state index in [2.05, 4.69) is 64.6 Å². The molecule has 0 unspecified atom stereocenters. The van der Waals surface area contributed by atoms with Crippen molar-refractivity contribution < 1.29 is 4.74 Å². The molecule has 0 radical (unpaired) electrons. The van der Waals surface area contributed by atoms with Crippen molar-refractivity contribution in [2.24, 2.45) is 0 Å². The minimum absolute atomic E-state index is 0.565. The maximum atomic E-state index is 5.26. The molecule has 2 nitrogen and oxygen atoms in total. The molecule has 3 heteroatoms. The van der Waals surface area contributed by atoms with Crippen LogP contribution in [0.25, 0.3) is 0 Å². The van der Waals surface area contributed by atoms with Gasteiger partial charge in [-0.1, -0.05) is 24.3 Å². The molecule has 0 spiro atoms. The zero-order valence-electron chi connectivity index (χ0n) is 12.4. The summed E-state index contributed by atoms with van der Waals surface area (Å²) in [6, 6.07) is 15.4. The summed E-state index contributed by atoms with van der Waals surface area (Å²) >= 11 is 3.53. The summed E-state index contributed by atoms with van der Waals surface area (Å²) in [5.74, 6) is 1.57. The van der Waals surface area contributed by atoms with Gasteiger partial charge in [0, 0.05) is 11.7 Å². The highest BCUT2D eigenvalue weighted by atomic mass is 79.9. The van der Waals surface area contributed by atoms with Gasteiger partial charge in [-0.15, -0.1) is 0 Å². The number of nitrogens with one attached hydrogen (secondary N) is 1. The predicted octanol–water partition coefficient (Wildman–Crippen LogP) is 5.12. The molecule has 0 bridgehead atoms. The molecule has 1 aliphatic carbocycles. The third-order valence-corrected chi connectivity index (χ3v) is 4.91. The van der Waals surface area contributed by atoms with Crippen molar-refractivity contribution in [3.05, 3.63) is 58.1 Å². The Morgan fingerprint density at radius 3 is 2.57 bits per heavy atom. The summed E-state index contributed by atoms with van der Waals surface area (Å²) in [5, 5.41) is 3.60. The van der Waals surface area contributed by atoms with Gasteiger partial charge >= 0.3 is 0 Å². The average molecular weight is 346 g/mol. The maximum Gasteiger partial charge on any atom is 0.133 e. The van der Waals surface area contributed by atoms with Crippen LogP contribution in [-0.2, 0) is 0 Å². The number of benzene rings is 2. The van der Waals surface area contributed by atoms with E-state index in [1.807, 2.05) is 6.07 Å². The molecule has 0 saturated heterocycles. The molecule has 1 fully saturated rings. The number of halogens is 1. The Morgan fingerprint density at radius 1 is 1.14 bits per heavy atom. The Labute approximate surface area is 134 Å². The second kappa shape index (κ2) is 6.10. The molecule has 0 aliphatic heterocycles. The average Bonchev–Trinajstić information content (AvgIpc) is 2.44. The van der Waals surface area contributed by atoms with Gasteiger partial charge in [0.1, 0.15) is 5.75 Å². The standard InChI is InChI=1S/C18H20BrNO/c1-12-5-3-4-6-16(12)13-9-15(10-13)20-14-7-8-18(21-2)17(19)11-14/h3-8,11,13,15,20H,9-10H2,1-2H3. The van der Waals surface area contributed by atoms with E-state index < -0.39 is 0 Å². The Bertz CT molecular complexity index is 635. The van der Waals surface area contributed by atoms with Gasteiger partial charge in [-0.25, -0.2) is 0 Å². The molecule has 0 heterocycles. The Balaban J connectivity index is 1.60. The van der Waals surface area contributed by atoms with E-state index in [1.54, 1.807) is 7.11 Å². The van der Waals surface area contributed by atoms with Gasteiger partial charge in [-0.05, 0) is 70.9 Å². The topological polar surface area (TPSA) is 21.3 Å². The molecular formula is C18H20BrNO. The van der Waals surface area contributed by atoms with Crippen molar-refractivity contribution in [2.75, 3.05) is 12.4 Å². The van der Waals surface area contributed by atoms with Crippen LogP contribution in [-0.4, -0.2) is 13.2 Å². The normalized spacial score (nSPS) is 20.7. The largest absolute Gasteiger partial charge is 0.496 e. The van der Waals surface area contributed by atoms with Crippen LogP contribution in [0, 0.1) is 6.92 Å². The summed E-state index contributed by atoms with van der Waals surface area (Å²) in [6.45, 7) is 2.21. The Kier molecular flexibility index (Phi) is 4.20. The summed E-state index contributed by atoms with van der Waals surface area (Å²) in [6.07, 6.45) is 2.41. The van der Waals surface area contributed by atoms with Gasteiger partial charge in [-0.2, -0.15) is 0 Å². The van der Waals surface area contributed by atoms with Crippen LogP contribution in [0.3, 0.4) is 0 Å². The first-order valence-corrected chi connectivity index (χ1v) is 8.12. The van der Waals surface area contributed by atoms with E-state index in [0.29, 0.717) is 12.0 Å². The van der Waals surface area contributed by atoms with Crippen molar-refractivity contribution in [1.29, 1.82) is 0 Å². The van der Waals surface area contributed by atoms with Crippen LogP contribution in [0.5, 0.6) is 5.75 Å². The number of ether oxygens (including phenoxy) is 1. The summed E-state index contributed by atoms with van der Waals surface area (Å²) < 4.78 is 6.25. The lowest BCUT2D eigenvalue weighted by molar-refractivity contribution is 0.373. The molecule has 110 valence electrons. The van der Waals surface area contributed by atoms with Crippen molar-refractivity contribution >= 4 is 21.6 Å². The molecule has 1 saturated carbocycles. The predicted molar refractivity (Wildman–Crippen MR) is 91.3 cm³/mol. The van der Waals surface area contributed by atoms with E-state index in [0.717, 1.165) is 15.9 Å². The highest BCUT2D eigenvalue weighted by Crippen LogP contribution is 2.40. The fourth-order valence-corrected chi connectivity index (χ4v) is 3.57. The van der Waals surface area contributed by atoms with Crippen molar-refractivity contribution in [3.63, 3.8) is 0 Å². The maximum absolute atomic E-state index is 5.26. The zero-order chi connectivity index (χ0) is 14.8. The number of hydrogen-bond acceptors (Lipinski definition) is 2. The number of methoxy groups -OCH3 is 1. The Hall–Kier alpha value is -1.48. The van der Waals surface area contributed by atoms with Crippen LogP contribution in [0.4, 0.5) is 5.69 Å². The van der Waals surface area contributed by atoms with E-state index in [1.165, 1.54) is 24.0 Å². The highest BCUT2D eigenvalue weighted by Gasteiger charge is 2.30. The molecule has 2 aromatic rings. The monoisotopic (exact) mass is 345 g/mol. The number of rotatable bonds is 4. The first kappa shape index (κ1) is 14.5. The van der Waals surface area contributed by atoms with Gasteiger partial charge in [-0.3, -0.25) is 0 Å². The minimum Gasteiger partial charge on any atom is -0.496 e. The molecule has 3 rings (SSSR count). The van der Waals surface area contributed by atoms with Crippen LogP contribution < -0.4 is 10.1 Å². The zero-order valence-corrected chi connectivity index (χ0v) is 14.0. The fraction of sp³-hybridized carbons (Fsp3) is 0.333. The van der Waals surface area contributed by atoms with E-state index in [9.17, 15) is 0 Å². The van der Waals surface area contributed by atoms with E-state index in [4.69, 9.17) is 4.74 Å². The van der Waals surface area contributed by atoms with Crippen LogP contribution >= 0.6 is 15.9 Å². The molecule has 1 aliphatic rings. The fourth-order valence-electron chi connectivity index (χ4n) is 3.03. The summed E-state index contributed by atoms with van der Waals surface area (Å²) in [7, 11) is 1.69. The van der Waals surface area contributed by atoms with Crippen molar-refractivity contribution in [2.45, 2.75) is 31.7 Å². The van der Waals surface area contributed by atoms with Crippen LogP contribution in [0.1, 0.15) is 29.9 Å². The number of hydrogen-bond donors (Lipinski definition) is 1. The summed E-state index contributed by atoms with van der Waals surface area (Å²) in [5.41, 5.74) is 4.07. The number of anilines is 1. The van der Waals surface area contributed by atoms with Crippen molar-refractivity contribution in [1.82, 2.24) is 0 Å². The Morgan fingerprint density at radius 2 is 1.90 bits per heavy atom. The molecule has 21 heavy (non-hydrogen) atoms. The molecule has 0 amide bonds. The molecule has 0 atom stereocenters. The number of aryl methyl sites for hydroxylation is 1. The van der Waals surface area contributed by atoms with Crippen LogP contribution in [0.2, 0.25) is 0 Å². The van der Waals surface area contributed by atoms with Gasteiger partial charge in [0.15, 0.2) is 0 Å². The van der Waals surface area contributed by atoms with Gasteiger partial charge in [0.2, 0.25) is 0 Å². The highest BCUT2D eigenvalue weighted by molar-refractivity contribution is 9.10. The first-order valence-electron chi connectivity index (χ1n) is 7.33.